The highest BCUT2D eigenvalue weighted by Crippen LogP contribution is 2.35. The van der Waals surface area contributed by atoms with Crippen LogP contribution in [-0.2, 0) is 34.0 Å². The molecule has 2 N–H and O–H groups in total. The average molecular weight is 589 g/mol. The minimum Gasteiger partial charge on any atom is -0.475 e. The van der Waals surface area contributed by atoms with Crippen LogP contribution in [0.4, 0.5) is 26.3 Å². The predicted molar refractivity (Wildman–Crippen MR) is 131 cm³/mol. The molecule has 1 spiro atoms. The van der Waals surface area contributed by atoms with Crippen LogP contribution in [0.15, 0.2) is 54.9 Å². The molecule has 0 bridgehead atoms. The molecule has 1 fully saturated rings. The Kier molecular flexibility index (Phi) is 9.76. The molecule has 1 aromatic carbocycles. The average Bonchev–Trinajstić information content (AvgIpc) is 3.48. The maximum absolute atomic E-state index is 10.6. The smallest absolute Gasteiger partial charge is 0.475 e. The third-order valence-corrected chi connectivity index (χ3v) is 6.23. The molecular formula is C26H26F6N4O5. The van der Waals surface area contributed by atoms with Crippen LogP contribution in [0, 0.1) is 6.92 Å². The second kappa shape index (κ2) is 12.7. The minimum absolute atomic E-state index is 0.123. The Morgan fingerprint density at radius 3 is 2.10 bits per heavy atom. The van der Waals surface area contributed by atoms with E-state index in [1.165, 1.54) is 16.8 Å². The Morgan fingerprint density at radius 2 is 1.56 bits per heavy atom. The molecule has 0 saturated carbocycles. The van der Waals surface area contributed by atoms with Gasteiger partial charge >= 0.3 is 24.3 Å². The molecule has 0 aliphatic carbocycles. The number of ether oxygens (including phenoxy) is 1. The third kappa shape index (κ3) is 8.75. The molecule has 0 amide bonds. The quantitative estimate of drug-likeness (QED) is 0.423. The molecule has 9 nitrogen and oxygen atoms in total. The highest BCUT2D eigenvalue weighted by molar-refractivity contribution is 5.73. The molecule has 41 heavy (non-hydrogen) atoms. The highest BCUT2D eigenvalue weighted by atomic mass is 19.4. The normalized spacial score (nSPS) is 18.5. The second-order valence-corrected chi connectivity index (χ2v) is 9.37. The van der Waals surface area contributed by atoms with Gasteiger partial charge < -0.3 is 19.5 Å². The van der Waals surface area contributed by atoms with E-state index in [0.717, 1.165) is 44.1 Å². The number of aryl methyl sites for hydroxylation is 1. The topological polar surface area (TPSA) is 118 Å². The Balaban J connectivity index is 0.000000276. The van der Waals surface area contributed by atoms with Crippen LogP contribution in [0.1, 0.15) is 23.5 Å². The Labute approximate surface area is 230 Å². The van der Waals surface area contributed by atoms with Gasteiger partial charge in [0.05, 0.1) is 24.1 Å². The molecule has 3 aromatic rings. The van der Waals surface area contributed by atoms with E-state index >= 15 is 0 Å². The Morgan fingerprint density at radius 1 is 0.951 bits per heavy atom. The van der Waals surface area contributed by atoms with Crippen molar-refractivity contribution in [2.24, 2.45) is 0 Å². The number of nitrogens with zero attached hydrogens (tertiary/aromatic N) is 4. The number of imidazole rings is 1. The minimum atomic E-state index is -5.08. The number of pyridine rings is 1. The van der Waals surface area contributed by atoms with E-state index in [1.807, 2.05) is 18.5 Å². The Hall–Kier alpha value is -3.98. The highest BCUT2D eigenvalue weighted by Gasteiger charge is 2.43. The number of rotatable bonds is 3. The maximum atomic E-state index is 10.6. The fourth-order valence-corrected chi connectivity index (χ4v) is 4.24. The molecular weight excluding hydrogens is 562 g/mol. The van der Waals surface area contributed by atoms with Crippen LogP contribution in [-0.4, -0.2) is 72.6 Å². The van der Waals surface area contributed by atoms with Gasteiger partial charge in [-0.3, -0.25) is 9.88 Å². The van der Waals surface area contributed by atoms with Gasteiger partial charge in [0.2, 0.25) is 0 Å². The molecule has 1 unspecified atom stereocenters. The van der Waals surface area contributed by atoms with Gasteiger partial charge in [0, 0.05) is 25.8 Å². The predicted octanol–water partition coefficient (Wildman–Crippen LogP) is 4.70. The largest absolute Gasteiger partial charge is 0.490 e. The molecule has 5 rings (SSSR count). The van der Waals surface area contributed by atoms with Gasteiger partial charge in [-0.05, 0) is 31.0 Å². The molecule has 1 saturated heterocycles. The second-order valence-electron chi connectivity index (χ2n) is 9.37. The molecule has 15 heteroatoms. The third-order valence-electron chi connectivity index (χ3n) is 6.23. The van der Waals surface area contributed by atoms with E-state index in [-0.39, 0.29) is 5.60 Å². The number of hydrogen-bond donors (Lipinski definition) is 2. The van der Waals surface area contributed by atoms with E-state index < -0.39 is 24.3 Å². The van der Waals surface area contributed by atoms with Crippen LogP contribution >= 0.6 is 0 Å². The zero-order valence-corrected chi connectivity index (χ0v) is 21.6. The first kappa shape index (κ1) is 31.5. The number of hydrogen-bond acceptors (Lipinski definition) is 6. The van der Waals surface area contributed by atoms with Gasteiger partial charge in [0.25, 0.3) is 0 Å². The van der Waals surface area contributed by atoms with E-state index in [1.54, 1.807) is 0 Å². The molecule has 4 heterocycles. The number of carboxylic acid groups (broad SMARTS) is 2. The fraction of sp³-hybridized carbons (Fsp3) is 0.385. The van der Waals surface area contributed by atoms with Crippen molar-refractivity contribution in [1.29, 1.82) is 0 Å². The van der Waals surface area contributed by atoms with Crippen molar-refractivity contribution < 1.29 is 50.9 Å². The van der Waals surface area contributed by atoms with E-state index in [9.17, 15) is 26.3 Å². The summed E-state index contributed by atoms with van der Waals surface area (Å²) in [5, 5.41) is 14.2. The number of aromatic nitrogens is 3. The summed E-state index contributed by atoms with van der Waals surface area (Å²) in [6.45, 7) is 6.43. The lowest BCUT2D eigenvalue weighted by atomic mass is 10.0. The van der Waals surface area contributed by atoms with E-state index in [0.29, 0.717) is 6.61 Å². The Bertz CT molecular complexity index is 1300. The summed E-state index contributed by atoms with van der Waals surface area (Å²) in [5.74, 6) is -4.49. The number of carboxylic acids is 2. The van der Waals surface area contributed by atoms with Crippen molar-refractivity contribution in [1.82, 2.24) is 19.4 Å². The first-order valence-corrected chi connectivity index (χ1v) is 12.1. The van der Waals surface area contributed by atoms with Crippen molar-refractivity contribution in [3.8, 4) is 11.3 Å². The van der Waals surface area contributed by atoms with Crippen LogP contribution in [0.3, 0.4) is 0 Å². The number of fused-ring (bicyclic) bond motifs is 1. The number of aliphatic carboxylic acids is 2. The monoisotopic (exact) mass is 588 g/mol. The lowest BCUT2D eigenvalue weighted by molar-refractivity contribution is -0.193. The van der Waals surface area contributed by atoms with Crippen molar-refractivity contribution in [3.63, 3.8) is 0 Å². The van der Waals surface area contributed by atoms with E-state index in [4.69, 9.17) is 24.5 Å². The molecule has 2 aromatic heterocycles. The van der Waals surface area contributed by atoms with Crippen LogP contribution in [0.5, 0.6) is 0 Å². The van der Waals surface area contributed by atoms with Gasteiger partial charge in [-0.25, -0.2) is 14.6 Å². The SMILES string of the molecule is Cc1ccc(-c2cnc3n2CC2(CCN(Cc4ccccn4)C2)OC3)cc1.O=C(O)C(F)(F)F.O=C(O)C(F)(F)F. The summed E-state index contributed by atoms with van der Waals surface area (Å²) >= 11 is 0. The molecule has 2 aliphatic heterocycles. The van der Waals surface area contributed by atoms with Crippen molar-refractivity contribution in [2.45, 2.75) is 51.0 Å². The zero-order valence-electron chi connectivity index (χ0n) is 21.6. The van der Waals surface area contributed by atoms with Crippen molar-refractivity contribution in [3.05, 3.63) is 71.9 Å². The molecule has 222 valence electrons. The number of likely N-dealkylation sites (tertiary alicyclic amines) is 1. The molecule has 1 atom stereocenters. The van der Waals surface area contributed by atoms with Crippen molar-refractivity contribution >= 4 is 11.9 Å². The maximum Gasteiger partial charge on any atom is 0.490 e. The molecule has 2 aliphatic rings. The number of carbonyl (C=O) groups is 2. The summed E-state index contributed by atoms with van der Waals surface area (Å²) in [6.07, 6.45) is -5.27. The van der Waals surface area contributed by atoms with Gasteiger partial charge in [-0.2, -0.15) is 26.3 Å². The van der Waals surface area contributed by atoms with Gasteiger partial charge in [-0.1, -0.05) is 35.9 Å². The van der Waals surface area contributed by atoms with Crippen molar-refractivity contribution in [2.75, 3.05) is 13.1 Å². The number of halogens is 6. The summed E-state index contributed by atoms with van der Waals surface area (Å²) in [6, 6.07) is 14.8. The standard InChI is InChI=1S/C22H24N4O.2C2HF3O2/c1-17-5-7-18(8-6-17)20-12-24-21-14-27-22(16-26(20)21)9-11-25(15-22)13-19-4-2-3-10-23-19;2*3-2(4,5)1(6)7/h2-8,10,12H,9,11,13-16H2,1H3;2*(H,6,7). The van der Waals surface area contributed by atoms with Gasteiger partial charge in [0.1, 0.15) is 18.0 Å². The summed E-state index contributed by atoms with van der Waals surface area (Å²) in [4.78, 5) is 29.3. The lowest BCUT2D eigenvalue weighted by Gasteiger charge is -2.35. The van der Waals surface area contributed by atoms with Gasteiger partial charge in [-0.15, -0.1) is 0 Å². The lowest BCUT2D eigenvalue weighted by Crippen LogP contribution is -2.44. The van der Waals surface area contributed by atoms with E-state index in [2.05, 4.69) is 62.8 Å². The first-order valence-electron chi connectivity index (χ1n) is 12.1. The zero-order chi connectivity index (χ0) is 30.4. The summed E-state index contributed by atoms with van der Waals surface area (Å²) < 4.78 is 72.2. The van der Waals surface area contributed by atoms with Crippen LogP contribution in [0.25, 0.3) is 11.3 Å². The van der Waals surface area contributed by atoms with Crippen LogP contribution in [0.2, 0.25) is 0 Å². The fourth-order valence-electron chi connectivity index (χ4n) is 4.24. The first-order chi connectivity index (χ1) is 19.1. The molecule has 0 radical (unpaired) electrons. The summed E-state index contributed by atoms with van der Waals surface area (Å²) in [7, 11) is 0. The number of alkyl halides is 6. The summed E-state index contributed by atoms with van der Waals surface area (Å²) in [5.41, 5.74) is 4.68. The van der Waals surface area contributed by atoms with Gasteiger partial charge in [0.15, 0.2) is 0 Å². The number of benzene rings is 1. The van der Waals surface area contributed by atoms with Crippen LogP contribution < -0.4 is 0 Å².